The number of ketones is 1. The van der Waals surface area contributed by atoms with Crippen LogP contribution in [0.2, 0.25) is 5.02 Å². The molecule has 20 heavy (non-hydrogen) atoms. The molecule has 3 rings (SSSR count). The third-order valence-corrected chi connectivity index (χ3v) is 3.38. The predicted molar refractivity (Wildman–Crippen MR) is 73.1 cm³/mol. The van der Waals surface area contributed by atoms with Gasteiger partial charge in [0.15, 0.2) is 5.78 Å². The van der Waals surface area contributed by atoms with Crippen LogP contribution in [0.1, 0.15) is 15.9 Å². The Labute approximate surface area is 118 Å². The first kappa shape index (κ1) is 12.8. The normalized spacial score (nSPS) is 10.9. The lowest BCUT2D eigenvalue weighted by molar-refractivity contribution is 0.104. The lowest BCUT2D eigenvalue weighted by Crippen LogP contribution is -2.01. The first-order valence-corrected chi connectivity index (χ1v) is 6.20. The number of rotatable bonds is 2. The number of carbonyl (C=O) groups is 1. The van der Waals surface area contributed by atoms with Gasteiger partial charge in [0.2, 0.25) is 0 Å². The summed E-state index contributed by atoms with van der Waals surface area (Å²) in [6.45, 7) is 0. The zero-order valence-corrected chi connectivity index (χ0v) is 10.8. The van der Waals surface area contributed by atoms with Crippen molar-refractivity contribution in [3.8, 4) is 0 Å². The summed E-state index contributed by atoms with van der Waals surface area (Å²) < 4.78 is 26.3. The molecular formula is C15H8ClF2NO. The van der Waals surface area contributed by atoms with Crippen molar-refractivity contribution in [1.82, 2.24) is 4.98 Å². The highest BCUT2D eigenvalue weighted by Gasteiger charge is 2.17. The molecule has 2 aromatic carbocycles. The third kappa shape index (κ3) is 2.08. The van der Waals surface area contributed by atoms with Crippen LogP contribution in [0.5, 0.6) is 0 Å². The van der Waals surface area contributed by atoms with Gasteiger partial charge in [0.1, 0.15) is 11.6 Å². The van der Waals surface area contributed by atoms with Gasteiger partial charge in [-0.2, -0.15) is 0 Å². The van der Waals surface area contributed by atoms with Crippen LogP contribution in [-0.2, 0) is 0 Å². The highest BCUT2D eigenvalue weighted by atomic mass is 35.5. The molecule has 0 amide bonds. The van der Waals surface area contributed by atoms with Crippen molar-refractivity contribution in [2.24, 2.45) is 0 Å². The highest BCUT2D eigenvalue weighted by molar-refractivity contribution is 6.35. The number of fused-ring (bicyclic) bond motifs is 1. The van der Waals surface area contributed by atoms with Crippen LogP contribution in [0, 0.1) is 11.6 Å². The maximum atomic E-state index is 13.3. The van der Waals surface area contributed by atoms with E-state index in [4.69, 9.17) is 11.6 Å². The highest BCUT2D eigenvalue weighted by Crippen LogP contribution is 2.25. The summed E-state index contributed by atoms with van der Waals surface area (Å²) in [7, 11) is 0. The molecule has 2 nitrogen and oxygen atoms in total. The van der Waals surface area contributed by atoms with Crippen LogP contribution in [0.3, 0.4) is 0 Å². The van der Waals surface area contributed by atoms with E-state index in [9.17, 15) is 13.6 Å². The van der Waals surface area contributed by atoms with Gasteiger partial charge >= 0.3 is 0 Å². The van der Waals surface area contributed by atoms with E-state index in [-0.39, 0.29) is 16.4 Å². The molecule has 0 aliphatic heterocycles. The molecule has 1 heterocycles. The lowest BCUT2D eigenvalue weighted by atomic mass is 10.0. The Morgan fingerprint density at radius 2 is 1.70 bits per heavy atom. The Morgan fingerprint density at radius 3 is 2.45 bits per heavy atom. The van der Waals surface area contributed by atoms with Crippen molar-refractivity contribution in [3.63, 3.8) is 0 Å². The van der Waals surface area contributed by atoms with Crippen molar-refractivity contribution < 1.29 is 13.6 Å². The number of nitrogens with one attached hydrogen (secondary N) is 1. The summed E-state index contributed by atoms with van der Waals surface area (Å²) >= 11 is 5.88. The molecule has 0 saturated heterocycles. The second-order valence-corrected chi connectivity index (χ2v) is 4.75. The molecule has 0 aliphatic carbocycles. The molecule has 3 aromatic rings. The number of aromatic nitrogens is 1. The number of benzene rings is 2. The van der Waals surface area contributed by atoms with E-state index in [1.54, 1.807) is 6.07 Å². The Bertz CT molecular complexity index is 826. The smallest absolute Gasteiger partial charge is 0.196 e. The average Bonchev–Trinajstić information content (AvgIpc) is 2.81. The topological polar surface area (TPSA) is 32.9 Å². The van der Waals surface area contributed by atoms with Crippen LogP contribution < -0.4 is 0 Å². The maximum absolute atomic E-state index is 13.3. The second-order valence-electron chi connectivity index (χ2n) is 4.35. The van der Waals surface area contributed by atoms with Crippen molar-refractivity contribution in [2.75, 3.05) is 0 Å². The van der Waals surface area contributed by atoms with Gasteiger partial charge in [0.25, 0.3) is 0 Å². The van der Waals surface area contributed by atoms with Gasteiger partial charge in [-0.1, -0.05) is 11.6 Å². The van der Waals surface area contributed by atoms with Crippen molar-refractivity contribution >= 4 is 28.3 Å². The van der Waals surface area contributed by atoms with Crippen LogP contribution in [0.15, 0.2) is 42.6 Å². The van der Waals surface area contributed by atoms with Gasteiger partial charge in [-0.3, -0.25) is 4.79 Å². The van der Waals surface area contributed by atoms with Gasteiger partial charge in [-0.15, -0.1) is 0 Å². The van der Waals surface area contributed by atoms with E-state index < -0.39 is 11.6 Å². The molecule has 0 bridgehead atoms. The van der Waals surface area contributed by atoms with Crippen LogP contribution in [0.4, 0.5) is 8.78 Å². The van der Waals surface area contributed by atoms with E-state index in [2.05, 4.69) is 4.98 Å². The maximum Gasteiger partial charge on any atom is 0.196 e. The van der Waals surface area contributed by atoms with Gasteiger partial charge < -0.3 is 4.98 Å². The van der Waals surface area contributed by atoms with Crippen molar-refractivity contribution in [1.29, 1.82) is 0 Å². The van der Waals surface area contributed by atoms with Gasteiger partial charge in [0, 0.05) is 28.2 Å². The largest absolute Gasteiger partial charge is 0.360 e. The molecule has 0 spiro atoms. The molecule has 0 radical (unpaired) electrons. The Balaban J connectivity index is 2.15. The van der Waals surface area contributed by atoms with Crippen molar-refractivity contribution in [2.45, 2.75) is 0 Å². The lowest BCUT2D eigenvalue weighted by Gasteiger charge is -2.03. The number of H-pyrrole nitrogens is 1. The fraction of sp³-hybridized carbons (Fsp3) is 0. The van der Waals surface area contributed by atoms with Crippen molar-refractivity contribution in [3.05, 3.63) is 70.4 Å². The van der Waals surface area contributed by atoms with E-state index in [1.807, 2.05) is 0 Å². The molecule has 0 unspecified atom stereocenters. The summed E-state index contributed by atoms with van der Waals surface area (Å²) in [4.78, 5) is 15.3. The number of aromatic amines is 1. The first-order chi connectivity index (χ1) is 9.56. The van der Waals surface area contributed by atoms with Gasteiger partial charge in [-0.25, -0.2) is 8.78 Å². The summed E-state index contributed by atoms with van der Waals surface area (Å²) in [6.07, 6.45) is 1.49. The fourth-order valence-electron chi connectivity index (χ4n) is 2.10. The molecule has 1 aromatic heterocycles. The molecule has 100 valence electrons. The fourth-order valence-corrected chi connectivity index (χ4v) is 2.35. The molecule has 5 heteroatoms. The summed E-state index contributed by atoms with van der Waals surface area (Å²) in [5.41, 5.74) is 1.12. The quantitative estimate of drug-likeness (QED) is 0.700. The zero-order valence-electron chi connectivity index (χ0n) is 10.1. The summed E-state index contributed by atoms with van der Waals surface area (Å²) in [5.74, 6) is -1.33. The van der Waals surface area contributed by atoms with Gasteiger partial charge in [-0.05, 0) is 36.4 Å². The molecule has 0 fully saturated rings. The number of halogens is 3. The molecule has 0 atom stereocenters. The molecule has 0 saturated carbocycles. The van der Waals surface area contributed by atoms with E-state index in [0.717, 1.165) is 12.1 Å². The van der Waals surface area contributed by atoms with E-state index >= 15 is 0 Å². The number of carbonyl (C=O) groups excluding carboxylic acids is 1. The minimum atomic E-state index is -0.517. The zero-order chi connectivity index (χ0) is 14.3. The van der Waals surface area contributed by atoms with Crippen LogP contribution in [-0.4, -0.2) is 10.8 Å². The van der Waals surface area contributed by atoms with Gasteiger partial charge in [0.05, 0.1) is 5.02 Å². The Kier molecular flexibility index (Phi) is 3.03. The predicted octanol–water partition coefficient (Wildman–Crippen LogP) is 4.33. The average molecular weight is 292 g/mol. The molecule has 1 N–H and O–H groups in total. The minimum absolute atomic E-state index is 0.0285. The monoisotopic (exact) mass is 291 g/mol. The number of hydrogen-bond donors (Lipinski definition) is 1. The first-order valence-electron chi connectivity index (χ1n) is 5.82. The van der Waals surface area contributed by atoms with E-state index in [1.165, 1.54) is 24.4 Å². The molecular weight excluding hydrogens is 284 g/mol. The standard InChI is InChI=1S/C15H8ClF2NO/c16-13-6-9(18)1-3-10(13)15(20)12-7-19-14-4-2-8(17)5-11(12)14/h1-7,19H. The Hall–Kier alpha value is -2.20. The summed E-state index contributed by atoms with van der Waals surface area (Å²) in [5, 5.41) is 0.496. The van der Waals surface area contributed by atoms with E-state index in [0.29, 0.717) is 16.5 Å². The minimum Gasteiger partial charge on any atom is -0.360 e. The van der Waals surface area contributed by atoms with Crippen LogP contribution >= 0.6 is 11.6 Å². The Morgan fingerprint density at radius 1 is 1.00 bits per heavy atom. The molecule has 0 aliphatic rings. The SMILES string of the molecule is O=C(c1ccc(F)cc1Cl)c1c[nH]c2ccc(F)cc12. The van der Waals surface area contributed by atoms with Crippen LogP contribution in [0.25, 0.3) is 10.9 Å². The number of hydrogen-bond acceptors (Lipinski definition) is 1. The third-order valence-electron chi connectivity index (χ3n) is 3.06. The summed E-state index contributed by atoms with van der Waals surface area (Å²) in [6, 6.07) is 7.68. The second kappa shape index (κ2) is 4.72.